The zero-order valence-corrected chi connectivity index (χ0v) is 9.75. The molecule has 0 fully saturated rings. The number of fused-ring (bicyclic) bond motifs is 1. The molecule has 0 nitrogen and oxygen atoms in total. The van der Waals surface area contributed by atoms with Gasteiger partial charge in [0.25, 0.3) is 0 Å². The molecular weight excluding hydrogens is 211 g/mol. The van der Waals surface area contributed by atoms with Gasteiger partial charge in [-0.05, 0) is 60.1 Å². The molecule has 86 valence electrons. The highest BCUT2D eigenvalue weighted by Crippen LogP contribution is 2.27. The molecule has 0 spiro atoms. The molecule has 0 amide bonds. The molecule has 1 aliphatic rings. The average molecular weight is 226 g/mol. The molecule has 17 heavy (non-hydrogen) atoms. The van der Waals surface area contributed by atoms with E-state index < -0.39 is 0 Å². The normalized spacial score (nSPS) is 14.4. The number of aryl methyl sites for hydroxylation is 2. The summed E-state index contributed by atoms with van der Waals surface area (Å²) in [6.45, 7) is 0. The Balaban J connectivity index is 2.04. The lowest BCUT2D eigenvalue weighted by Gasteiger charge is -2.16. The van der Waals surface area contributed by atoms with Gasteiger partial charge in [-0.15, -0.1) is 0 Å². The monoisotopic (exact) mass is 226 g/mol. The van der Waals surface area contributed by atoms with Crippen LogP contribution in [0.15, 0.2) is 42.5 Å². The molecule has 0 unspecified atom stereocenters. The maximum atomic E-state index is 13.2. The third-order valence-electron chi connectivity index (χ3n) is 3.51. The van der Waals surface area contributed by atoms with Gasteiger partial charge in [0, 0.05) is 0 Å². The van der Waals surface area contributed by atoms with Crippen LogP contribution >= 0.6 is 0 Å². The second kappa shape index (κ2) is 4.33. The van der Waals surface area contributed by atoms with Crippen molar-refractivity contribution in [3.8, 4) is 11.1 Å². The summed E-state index contributed by atoms with van der Waals surface area (Å²) in [5.41, 5.74) is 5.01. The van der Waals surface area contributed by atoms with Gasteiger partial charge in [-0.1, -0.05) is 30.3 Å². The van der Waals surface area contributed by atoms with Gasteiger partial charge in [0.15, 0.2) is 0 Å². The first-order chi connectivity index (χ1) is 8.33. The van der Waals surface area contributed by atoms with Crippen molar-refractivity contribution in [3.05, 3.63) is 59.4 Å². The van der Waals surface area contributed by atoms with E-state index in [0.717, 1.165) is 11.1 Å². The summed E-state index contributed by atoms with van der Waals surface area (Å²) < 4.78 is 13.2. The van der Waals surface area contributed by atoms with Crippen LogP contribution in [0.4, 0.5) is 4.39 Å². The first kappa shape index (κ1) is 10.5. The third-order valence-corrected chi connectivity index (χ3v) is 3.51. The highest BCUT2D eigenvalue weighted by molar-refractivity contribution is 5.65. The lowest BCUT2D eigenvalue weighted by atomic mass is 9.89. The van der Waals surface area contributed by atoms with Crippen LogP contribution in [0, 0.1) is 5.82 Å². The second-order valence-corrected chi connectivity index (χ2v) is 4.70. The quantitative estimate of drug-likeness (QED) is 0.677. The molecule has 2 aromatic rings. The molecule has 0 radical (unpaired) electrons. The van der Waals surface area contributed by atoms with Gasteiger partial charge in [0.1, 0.15) is 5.82 Å². The third kappa shape index (κ3) is 2.10. The Kier molecular flexibility index (Phi) is 2.68. The SMILES string of the molecule is Fc1cccc(-c2ccc3c(c2)CCCC3)c1. The summed E-state index contributed by atoms with van der Waals surface area (Å²) in [5.74, 6) is -0.166. The molecule has 0 bridgehead atoms. The molecule has 0 heterocycles. The van der Waals surface area contributed by atoms with Crippen LogP contribution in [0.5, 0.6) is 0 Å². The van der Waals surface area contributed by atoms with Crippen molar-refractivity contribution in [3.63, 3.8) is 0 Å². The Morgan fingerprint density at radius 2 is 1.53 bits per heavy atom. The van der Waals surface area contributed by atoms with Gasteiger partial charge in [-0.25, -0.2) is 4.39 Å². The number of rotatable bonds is 1. The summed E-state index contributed by atoms with van der Waals surface area (Å²) in [5, 5.41) is 0. The Hall–Kier alpha value is -1.63. The van der Waals surface area contributed by atoms with Crippen LogP contribution in [0.1, 0.15) is 24.0 Å². The largest absolute Gasteiger partial charge is 0.207 e. The smallest absolute Gasteiger partial charge is 0.123 e. The number of halogens is 1. The molecule has 2 aromatic carbocycles. The van der Waals surface area contributed by atoms with Crippen LogP contribution in [-0.4, -0.2) is 0 Å². The van der Waals surface area contributed by atoms with E-state index in [0.29, 0.717) is 0 Å². The van der Waals surface area contributed by atoms with Gasteiger partial charge in [0.2, 0.25) is 0 Å². The highest BCUT2D eigenvalue weighted by atomic mass is 19.1. The average Bonchev–Trinajstić information content (AvgIpc) is 2.38. The highest BCUT2D eigenvalue weighted by Gasteiger charge is 2.10. The summed E-state index contributed by atoms with van der Waals surface area (Å²) in [6, 6.07) is 13.4. The maximum absolute atomic E-state index is 13.2. The van der Waals surface area contributed by atoms with Crippen molar-refractivity contribution < 1.29 is 4.39 Å². The zero-order chi connectivity index (χ0) is 11.7. The van der Waals surface area contributed by atoms with Crippen LogP contribution in [0.3, 0.4) is 0 Å². The molecule has 3 rings (SSSR count). The van der Waals surface area contributed by atoms with E-state index >= 15 is 0 Å². The molecule has 0 N–H and O–H groups in total. The van der Waals surface area contributed by atoms with E-state index in [9.17, 15) is 4.39 Å². The van der Waals surface area contributed by atoms with E-state index in [1.807, 2.05) is 6.07 Å². The molecule has 0 saturated carbocycles. The first-order valence-corrected chi connectivity index (χ1v) is 6.21. The van der Waals surface area contributed by atoms with Crippen molar-refractivity contribution in [2.75, 3.05) is 0 Å². The van der Waals surface area contributed by atoms with E-state index in [1.165, 1.54) is 42.9 Å². The van der Waals surface area contributed by atoms with Crippen molar-refractivity contribution in [2.24, 2.45) is 0 Å². The molecule has 0 aliphatic heterocycles. The van der Waals surface area contributed by atoms with Gasteiger partial charge in [-0.3, -0.25) is 0 Å². The topological polar surface area (TPSA) is 0 Å². The van der Waals surface area contributed by atoms with Crippen LogP contribution in [0.25, 0.3) is 11.1 Å². The lowest BCUT2D eigenvalue weighted by Crippen LogP contribution is -2.02. The van der Waals surface area contributed by atoms with Crippen molar-refractivity contribution in [1.29, 1.82) is 0 Å². The minimum atomic E-state index is -0.166. The Morgan fingerprint density at radius 3 is 2.35 bits per heavy atom. The molecule has 1 heteroatoms. The predicted molar refractivity (Wildman–Crippen MR) is 68.5 cm³/mol. The zero-order valence-electron chi connectivity index (χ0n) is 9.75. The van der Waals surface area contributed by atoms with Crippen LogP contribution in [0.2, 0.25) is 0 Å². The fourth-order valence-corrected chi connectivity index (χ4v) is 2.58. The van der Waals surface area contributed by atoms with Gasteiger partial charge in [-0.2, -0.15) is 0 Å². The van der Waals surface area contributed by atoms with Crippen molar-refractivity contribution in [1.82, 2.24) is 0 Å². The summed E-state index contributed by atoms with van der Waals surface area (Å²) in [7, 11) is 0. The summed E-state index contributed by atoms with van der Waals surface area (Å²) in [4.78, 5) is 0. The fraction of sp³-hybridized carbons (Fsp3) is 0.250. The second-order valence-electron chi connectivity index (χ2n) is 4.70. The molecule has 0 atom stereocenters. The Bertz CT molecular complexity index is 543. The number of hydrogen-bond donors (Lipinski definition) is 0. The fourth-order valence-electron chi connectivity index (χ4n) is 2.58. The van der Waals surface area contributed by atoms with Crippen molar-refractivity contribution in [2.45, 2.75) is 25.7 Å². The predicted octanol–water partition coefficient (Wildman–Crippen LogP) is 4.37. The Morgan fingerprint density at radius 1 is 0.765 bits per heavy atom. The van der Waals surface area contributed by atoms with E-state index in [4.69, 9.17) is 0 Å². The summed E-state index contributed by atoms with van der Waals surface area (Å²) >= 11 is 0. The van der Waals surface area contributed by atoms with Gasteiger partial charge < -0.3 is 0 Å². The molecular formula is C16H15F. The molecule has 1 aliphatic carbocycles. The van der Waals surface area contributed by atoms with E-state index in [-0.39, 0.29) is 5.82 Å². The number of hydrogen-bond acceptors (Lipinski definition) is 0. The molecule has 0 aromatic heterocycles. The Labute approximate surface area is 101 Å². The summed E-state index contributed by atoms with van der Waals surface area (Å²) in [6.07, 6.45) is 4.93. The van der Waals surface area contributed by atoms with Gasteiger partial charge >= 0.3 is 0 Å². The lowest BCUT2D eigenvalue weighted by molar-refractivity contribution is 0.628. The number of benzene rings is 2. The van der Waals surface area contributed by atoms with E-state index in [2.05, 4.69) is 18.2 Å². The van der Waals surface area contributed by atoms with Crippen LogP contribution in [-0.2, 0) is 12.8 Å². The van der Waals surface area contributed by atoms with E-state index in [1.54, 1.807) is 12.1 Å². The standard InChI is InChI=1S/C16H15F/c17-16-7-3-6-14(11-16)15-9-8-12-4-1-2-5-13(12)10-15/h3,6-11H,1-2,4-5H2. The van der Waals surface area contributed by atoms with Gasteiger partial charge in [0.05, 0.1) is 0 Å². The first-order valence-electron chi connectivity index (χ1n) is 6.21. The minimum Gasteiger partial charge on any atom is -0.207 e. The molecule has 0 saturated heterocycles. The maximum Gasteiger partial charge on any atom is 0.123 e. The minimum absolute atomic E-state index is 0.166. The van der Waals surface area contributed by atoms with Crippen molar-refractivity contribution >= 4 is 0 Å². The van der Waals surface area contributed by atoms with Crippen LogP contribution < -0.4 is 0 Å².